The summed E-state index contributed by atoms with van der Waals surface area (Å²) in [4.78, 5) is 13.8. The molecular formula is C15H11BrCl2FNO. The van der Waals surface area contributed by atoms with Crippen molar-refractivity contribution in [2.75, 3.05) is 7.05 Å². The van der Waals surface area contributed by atoms with Crippen LogP contribution in [0, 0.1) is 5.82 Å². The van der Waals surface area contributed by atoms with E-state index in [-0.39, 0.29) is 22.5 Å². The molecule has 0 heterocycles. The first-order valence-corrected chi connectivity index (χ1v) is 7.59. The van der Waals surface area contributed by atoms with Crippen molar-refractivity contribution in [2.24, 2.45) is 0 Å². The molecule has 0 radical (unpaired) electrons. The summed E-state index contributed by atoms with van der Waals surface area (Å²) in [5, 5.41) is 0.846. The fourth-order valence-corrected chi connectivity index (χ4v) is 2.69. The minimum absolute atomic E-state index is 0.152. The summed E-state index contributed by atoms with van der Waals surface area (Å²) in [5.74, 6) is -0.785. The van der Waals surface area contributed by atoms with Gasteiger partial charge in [0.2, 0.25) is 0 Å². The van der Waals surface area contributed by atoms with Gasteiger partial charge in [0.05, 0.1) is 20.1 Å². The Bertz CT molecular complexity index is 693. The second-order valence-electron chi connectivity index (χ2n) is 4.48. The average molecular weight is 391 g/mol. The lowest BCUT2D eigenvalue weighted by Gasteiger charge is -2.19. The maximum Gasteiger partial charge on any atom is 0.255 e. The fourth-order valence-electron chi connectivity index (χ4n) is 1.87. The first-order valence-electron chi connectivity index (χ1n) is 6.04. The van der Waals surface area contributed by atoms with Crippen molar-refractivity contribution < 1.29 is 9.18 Å². The van der Waals surface area contributed by atoms with Gasteiger partial charge in [0.1, 0.15) is 5.82 Å². The summed E-state index contributed by atoms with van der Waals surface area (Å²) in [7, 11) is 1.62. The second-order valence-corrected chi connectivity index (χ2v) is 6.05. The van der Waals surface area contributed by atoms with Crippen LogP contribution >= 0.6 is 39.1 Å². The van der Waals surface area contributed by atoms with Crippen LogP contribution in [0.25, 0.3) is 0 Å². The maximum absolute atomic E-state index is 13.5. The standard InChI is InChI=1S/C15H11BrCl2FNO/c1-20(8-9-4-2-6-11(17)14(9)18)15(21)10-5-3-7-12(19)13(10)16/h2-7H,8H2,1H3. The SMILES string of the molecule is CN(Cc1cccc(Cl)c1Cl)C(=O)c1cccc(F)c1Br. The molecule has 0 saturated heterocycles. The number of amides is 1. The first-order chi connectivity index (χ1) is 9.91. The van der Waals surface area contributed by atoms with Gasteiger partial charge in [-0.3, -0.25) is 4.79 Å². The van der Waals surface area contributed by atoms with E-state index in [1.165, 1.54) is 17.0 Å². The van der Waals surface area contributed by atoms with Crippen LogP contribution in [0.5, 0.6) is 0 Å². The topological polar surface area (TPSA) is 20.3 Å². The molecule has 0 aliphatic rings. The molecule has 6 heteroatoms. The molecule has 0 atom stereocenters. The van der Waals surface area contributed by atoms with Gasteiger partial charge in [-0.2, -0.15) is 0 Å². The number of halogens is 4. The number of hydrogen-bond acceptors (Lipinski definition) is 1. The Balaban J connectivity index is 2.24. The molecule has 21 heavy (non-hydrogen) atoms. The molecular weight excluding hydrogens is 380 g/mol. The largest absolute Gasteiger partial charge is 0.337 e. The monoisotopic (exact) mass is 389 g/mol. The van der Waals surface area contributed by atoms with Crippen LogP contribution in [0.2, 0.25) is 10.0 Å². The van der Waals surface area contributed by atoms with Crippen molar-refractivity contribution >= 4 is 45.0 Å². The summed E-state index contributed by atoms with van der Waals surface area (Å²) in [5.41, 5.74) is 0.989. The van der Waals surface area contributed by atoms with Gasteiger partial charge in [-0.05, 0) is 39.7 Å². The lowest BCUT2D eigenvalue weighted by atomic mass is 10.1. The number of hydrogen-bond donors (Lipinski definition) is 0. The van der Waals surface area contributed by atoms with Crippen molar-refractivity contribution in [3.63, 3.8) is 0 Å². The van der Waals surface area contributed by atoms with E-state index in [1.54, 1.807) is 31.3 Å². The molecule has 0 aromatic heterocycles. The number of carbonyl (C=O) groups excluding carboxylic acids is 1. The highest BCUT2D eigenvalue weighted by Gasteiger charge is 2.18. The van der Waals surface area contributed by atoms with E-state index in [4.69, 9.17) is 23.2 Å². The minimum atomic E-state index is -0.477. The van der Waals surface area contributed by atoms with Crippen molar-refractivity contribution in [1.82, 2.24) is 4.90 Å². The number of nitrogens with zero attached hydrogens (tertiary/aromatic N) is 1. The van der Waals surface area contributed by atoms with Gasteiger partial charge in [0.15, 0.2) is 0 Å². The smallest absolute Gasteiger partial charge is 0.255 e. The molecule has 0 saturated carbocycles. The van der Waals surface area contributed by atoms with Crippen LogP contribution < -0.4 is 0 Å². The van der Waals surface area contributed by atoms with Crippen LogP contribution in [-0.2, 0) is 6.54 Å². The summed E-state index contributed by atoms with van der Waals surface area (Å²) in [6, 6.07) is 9.57. The van der Waals surface area contributed by atoms with Crippen molar-refractivity contribution in [2.45, 2.75) is 6.54 Å². The molecule has 110 valence electrons. The lowest BCUT2D eigenvalue weighted by Crippen LogP contribution is -2.26. The van der Waals surface area contributed by atoms with Crippen LogP contribution in [-0.4, -0.2) is 17.9 Å². The third-order valence-corrected chi connectivity index (χ3v) is 4.63. The number of carbonyl (C=O) groups is 1. The molecule has 0 N–H and O–H groups in total. The molecule has 2 rings (SSSR count). The van der Waals surface area contributed by atoms with E-state index in [1.807, 2.05) is 0 Å². The quantitative estimate of drug-likeness (QED) is 0.708. The highest BCUT2D eigenvalue weighted by Crippen LogP contribution is 2.27. The van der Waals surface area contributed by atoms with Crippen LogP contribution in [0.15, 0.2) is 40.9 Å². The van der Waals surface area contributed by atoms with Crippen molar-refractivity contribution in [1.29, 1.82) is 0 Å². The van der Waals surface area contributed by atoms with Crippen molar-refractivity contribution in [3.05, 3.63) is 67.9 Å². The maximum atomic E-state index is 13.5. The van der Waals surface area contributed by atoms with E-state index in [0.29, 0.717) is 10.0 Å². The molecule has 0 bridgehead atoms. The van der Waals surface area contributed by atoms with Gasteiger partial charge in [-0.1, -0.05) is 41.4 Å². The molecule has 1 amide bonds. The predicted molar refractivity (Wildman–Crippen MR) is 86.4 cm³/mol. The Hall–Kier alpha value is -1.10. The van der Waals surface area contributed by atoms with E-state index >= 15 is 0 Å². The molecule has 2 nitrogen and oxygen atoms in total. The predicted octanol–water partition coefficient (Wildman–Crippen LogP) is 5.17. The second kappa shape index (κ2) is 6.77. The Kier molecular flexibility index (Phi) is 5.25. The average Bonchev–Trinajstić information content (AvgIpc) is 2.46. The molecule has 2 aromatic rings. The van der Waals surface area contributed by atoms with Crippen LogP contribution in [0.4, 0.5) is 4.39 Å². The zero-order valence-electron chi connectivity index (χ0n) is 11.0. The summed E-state index contributed by atoms with van der Waals surface area (Å²) < 4.78 is 13.6. The number of benzene rings is 2. The highest BCUT2D eigenvalue weighted by molar-refractivity contribution is 9.10. The Morgan fingerprint density at radius 1 is 1.24 bits per heavy atom. The lowest BCUT2D eigenvalue weighted by molar-refractivity contribution is 0.0783. The molecule has 0 aliphatic heterocycles. The van der Waals surface area contributed by atoms with Gasteiger partial charge in [-0.25, -0.2) is 4.39 Å². The van der Waals surface area contributed by atoms with E-state index < -0.39 is 5.82 Å². The van der Waals surface area contributed by atoms with Gasteiger partial charge in [0.25, 0.3) is 5.91 Å². The third-order valence-electron chi connectivity index (χ3n) is 2.97. The summed E-state index contributed by atoms with van der Waals surface area (Å²) >= 11 is 15.1. The zero-order valence-corrected chi connectivity index (χ0v) is 14.1. The Labute approximate surface area is 140 Å². The summed E-state index contributed by atoms with van der Waals surface area (Å²) in [6.07, 6.45) is 0. The third kappa shape index (κ3) is 3.57. The zero-order chi connectivity index (χ0) is 15.6. The molecule has 0 aliphatic carbocycles. The van der Waals surface area contributed by atoms with Crippen LogP contribution in [0.3, 0.4) is 0 Å². The number of rotatable bonds is 3. The minimum Gasteiger partial charge on any atom is -0.337 e. The molecule has 0 unspecified atom stereocenters. The van der Waals surface area contributed by atoms with Gasteiger partial charge < -0.3 is 4.90 Å². The molecule has 2 aromatic carbocycles. The highest BCUT2D eigenvalue weighted by atomic mass is 79.9. The molecule has 0 fully saturated rings. The van der Waals surface area contributed by atoms with Crippen molar-refractivity contribution in [3.8, 4) is 0 Å². The van der Waals surface area contributed by atoms with Crippen LogP contribution in [0.1, 0.15) is 15.9 Å². The van der Waals surface area contributed by atoms with E-state index in [9.17, 15) is 9.18 Å². The Morgan fingerprint density at radius 3 is 2.62 bits per heavy atom. The summed E-state index contributed by atoms with van der Waals surface area (Å²) in [6.45, 7) is 0.279. The fraction of sp³-hybridized carbons (Fsp3) is 0.133. The normalized spacial score (nSPS) is 10.5. The van der Waals surface area contributed by atoms with Gasteiger partial charge >= 0.3 is 0 Å². The Morgan fingerprint density at radius 2 is 1.90 bits per heavy atom. The van der Waals surface area contributed by atoms with Gasteiger partial charge in [-0.15, -0.1) is 0 Å². The first kappa shape index (κ1) is 16.3. The van der Waals surface area contributed by atoms with Gasteiger partial charge in [0, 0.05) is 13.6 Å². The molecule has 0 spiro atoms. The van der Waals surface area contributed by atoms with E-state index in [0.717, 1.165) is 5.56 Å². The van der Waals surface area contributed by atoms with E-state index in [2.05, 4.69) is 15.9 Å².